The number of ether oxygens (including phenoxy) is 1. The minimum Gasteiger partial charge on any atom is -0.457 e. The number of fused-ring (bicyclic) bond motifs is 3. The summed E-state index contributed by atoms with van der Waals surface area (Å²) in [7, 11) is 0. The fourth-order valence-electron chi connectivity index (χ4n) is 9.30. The van der Waals surface area contributed by atoms with Crippen LogP contribution in [-0.2, 0) is 9.59 Å². The molecule has 2 aromatic carbocycles. The predicted molar refractivity (Wildman–Crippen MR) is 240 cm³/mol. The number of piperidine rings is 1. The van der Waals surface area contributed by atoms with Crippen LogP contribution in [0.5, 0.6) is 11.5 Å². The number of para-hydroxylation sites is 1. The first kappa shape index (κ1) is 41.9. The molecular weight excluding hydrogens is 803 g/mol. The van der Waals surface area contributed by atoms with E-state index in [0.717, 1.165) is 64.9 Å². The summed E-state index contributed by atoms with van der Waals surface area (Å²) in [6.07, 6.45) is 12.3. The number of likely N-dealkylation sites (tertiary alicyclic amines) is 1. The van der Waals surface area contributed by atoms with Gasteiger partial charge in [-0.1, -0.05) is 24.3 Å². The van der Waals surface area contributed by atoms with Gasteiger partial charge in [0.25, 0.3) is 0 Å². The Morgan fingerprint density at radius 3 is 2.54 bits per heavy atom. The van der Waals surface area contributed by atoms with Crippen molar-refractivity contribution < 1.29 is 27.4 Å². The molecular formula is C46H52BF2N11O3. The maximum atomic E-state index is 15.7. The Balaban J connectivity index is 0.725. The number of nitrogens with zero attached hydrogens (tertiary/aromatic N) is 9. The molecule has 3 N–H and O–H groups in total. The molecule has 7 heterocycles. The fourth-order valence-corrected chi connectivity index (χ4v) is 9.30. The third kappa shape index (κ3) is 8.67. The molecule has 1 unspecified atom stereocenters. The maximum absolute atomic E-state index is 15.7. The molecule has 0 spiro atoms. The van der Waals surface area contributed by atoms with Gasteiger partial charge in [0.1, 0.15) is 35.0 Å². The van der Waals surface area contributed by atoms with Crippen molar-refractivity contribution in [3.8, 4) is 22.8 Å². The molecule has 4 aliphatic heterocycles. The molecule has 2 amide bonds. The van der Waals surface area contributed by atoms with Crippen LogP contribution in [-0.4, -0.2) is 127 Å². The number of allylic oxidation sites excluding steroid dienone is 2. The van der Waals surface area contributed by atoms with E-state index < -0.39 is 6.97 Å². The standard InChI is InChI=1S/C46H52BF2N11O3/c1-32-28-33(2)58-40(32)29-36-15-14-35(59(36)47(58,48)49)16-19-41(61)51-20-23-56-26-24-55(25-27-56)21-7-11-42(62)57-22-6-8-37(30-57)60-46-43(45(50)52-31-53-46)44(54-60)34-12-17-39(18-13-34)63-38-9-4-3-5-10-38/h3-5,7,9-15,17-18,28-29,31,37H,6,8,16,19-27,30H2,1-2H3,(H,51,61)(H2,50,52,53)/b11-7+. The molecule has 9 rings (SSSR count). The molecule has 1 atom stereocenters. The second-order valence-corrected chi connectivity index (χ2v) is 16.7. The Morgan fingerprint density at radius 2 is 1.75 bits per heavy atom. The van der Waals surface area contributed by atoms with E-state index in [9.17, 15) is 9.59 Å². The largest absolute Gasteiger partial charge is 0.737 e. The van der Waals surface area contributed by atoms with Gasteiger partial charge in [0.15, 0.2) is 11.3 Å². The van der Waals surface area contributed by atoms with Crippen molar-refractivity contribution in [2.45, 2.75) is 45.6 Å². The second-order valence-electron chi connectivity index (χ2n) is 16.7. The van der Waals surface area contributed by atoms with Crippen molar-refractivity contribution in [2.75, 3.05) is 64.6 Å². The molecule has 3 aromatic heterocycles. The smallest absolute Gasteiger partial charge is 0.457 e. The van der Waals surface area contributed by atoms with Crippen LogP contribution in [0.1, 0.15) is 48.7 Å². The number of hydrogen-bond donors (Lipinski definition) is 2. The zero-order chi connectivity index (χ0) is 43.7. The summed E-state index contributed by atoms with van der Waals surface area (Å²) in [5.74, 6) is 1.62. The molecule has 326 valence electrons. The lowest BCUT2D eigenvalue weighted by Crippen LogP contribution is -2.50. The Kier molecular flexibility index (Phi) is 11.8. The van der Waals surface area contributed by atoms with E-state index in [-0.39, 0.29) is 30.7 Å². The molecule has 5 aromatic rings. The molecule has 0 bridgehead atoms. The van der Waals surface area contributed by atoms with Gasteiger partial charge in [-0.2, -0.15) is 5.10 Å². The summed E-state index contributed by atoms with van der Waals surface area (Å²) in [5, 5.41) is 8.69. The molecule has 0 aliphatic carbocycles. The van der Waals surface area contributed by atoms with E-state index in [1.165, 1.54) is 6.33 Å². The lowest BCUT2D eigenvalue weighted by molar-refractivity contribution is -0.362. The number of aryl methyl sites for hydroxylation is 2. The average Bonchev–Trinajstić information content (AvgIpc) is 3.98. The highest BCUT2D eigenvalue weighted by Crippen LogP contribution is 2.36. The number of anilines is 1. The van der Waals surface area contributed by atoms with Gasteiger partial charge in [0, 0.05) is 107 Å². The monoisotopic (exact) mass is 855 g/mol. The summed E-state index contributed by atoms with van der Waals surface area (Å²) < 4.78 is 41.6. The van der Waals surface area contributed by atoms with E-state index in [0.29, 0.717) is 83.8 Å². The van der Waals surface area contributed by atoms with E-state index in [1.54, 1.807) is 37.3 Å². The number of carbonyl (C=O) groups excluding carboxylic acids is 2. The van der Waals surface area contributed by atoms with E-state index in [1.807, 2.05) is 77.2 Å². The lowest BCUT2D eigenvalue weighted by atomic mass is 9.90. The number of nitrogens with one attached hydrogen (secondary N) is 1. The first-order valence-electron chi connectivity index (χ1n) is 21.8. The third-order valence-corrected chi connectivity index (χ3v) is 12.5. The highest BCUT2D eigenvalue weighted by Gasteiger charge is 2.52. The van der Waals surface area contributed by atoms with Crippen molar-refractivity contribution in [1.82, 2.24) is 44.2 Å². The molecule has 63 heavy (non-hydrogen) atoms. The molecule has 2 fully saturated rings. The van der Waals surface area contributed by atoms with E-state index in [4.69, 9.17) is 15.6 Å². The van der Waals surface area contributed by atoms with E-state index >= 15 is 8.63 Å². The van der Waals surface area contributed by atoms with Crippen molar-refractivity contribution in [3.05, 3.63) is 114 Å². The molecule has 0 saturated carbocycles. The number of nitrogens with two attached hydrogens (primary N) is 1. The zero-order valence-electron chi connectivity index (χ0n) is 35.7. The van der Waals surface area contributed by atoms with Crippen LogP contribution in [0.15, 0.2) is 97.0 Å². The first-order chi connectivity index (χ1) is 30.5. The van der Waals surface area contributed by atoms with Crippen LogP contribution < -0.4 is 15.8 Å². The minimum atomic E-state index is -4.04. The zero-order valence-corrected chi connectivity index (χ0v) is 35.7. The van der Waals surface area contributed by atoms with Crippen LogP contribution in [0.3, 0.4) is 0 Å². The van der Waals surface area contributed by atoms with Gasteiger partial charge in [-0.25, -0.2) is 14.6 Å². The number of aromatic nitrogens is 5. The van der Waals surface area contributed by atoms with Gasteiger partial charge in [-0.3, -0.25) is 19.4 Å². The normalized spacial score (nSPS) is 18.8. The highest BCUT2D eigenvalue weighted by molar-refractivity contribution is 6.58. The predicted octanol–water partition coefficient (Wildman–Crippen LogP) is 5.82. The van der Waals surface area contributed by atoms with Crippen molar-refractivity contribution in [1.29, 1.82) is 0 Å². The number of amides is 2. The molecule has 0 radical (unpaired) electrons. The summed E-state index contributed by atoms with van der Waals surface area (Å²) in [5.41, 5.74) is 11.4. The van der Waals surface area contributed by atoms with Gasteiger partial charge < -0.3 is 38.3 Å². The highest BCUT2D eigenvalue weighted by atomic mass is 19.2. The van der Waals surface area contributed by atoms with Crippen LogP contribution >= 0.6 is 0 Å². The number of nitrogen functional groups attached to an aromatic ring is 1. The average molecular weight is 856 g/mol. The third-order valence-electron chi connectivity index (χ3n) is 12.5. The Labute approximate surface area is 365 Å². The molecule has 4 aliphatic rings. The topological polar surface area (TPSA) is 143 Å². The number of benzene rings is 2. The van der Waals surface area contributed by atoms with Crippen LogP contribution in [0, 0.1) is 13.8 Å². The summed E-state index contributed by atoms with van der Waals surface area (Å²) in [6.45, 7) is 5.90. The SMILES string of the molecule is Cc1cc(C)n2c1C=C1C=CC(CCC(=O)NCCN3CCN(C/C=C/C(=O)N4CCCC(n5nc(-c6ccc(Oc7ccccc7)cc6)c6c(N)ncnc65)C4)CC3)=[N+]1[B-]2(F)F. The number of halogens is 2. The quantitative estimate of drug-likeness (QED) is 0.111. The van der Waals surface area contributed by atoms with Gasteiger partial charge in [0.05, 0.1) is 11.4 Å². The van der Waals surface area contributed by atoms with Gasteiger partial charge in [-0.15, -0.1) is 0 Å². The fraction of sp³-hybridized carbons (Fsp3) is 0.348. The number of piperazine rings is 1. The lowest BCUT2D eigenvalue weighted by Gasteiger charge is -2.34. The summed E-state index contributed by atoms with van der Waals surface area (Å²) >= 11 is 0. The minimum absolute atomic E-state index is 0.0287. The van der Waals surface area contributed by atoms with Crippen molar-refractivity contribution in [3.63, 3.8) is 0 Å². The number of hydrogen-bond acceptors (Lipinski definition) is 9. The van der Waals surface area contributed by atoms with Crippen LogP contribution in [0.25, 0.3) is 28.4 Å². The first-order valence-corrected chi connectivity index (χ1v) is 21.8. The molecule has 14 nitrogen and oxygen atoms in total. The Hall–Kier alpha value is -6.46. The van der Waals surface area contributed by atoms with Crippen LogP contribution in [0.2, 0.25) is 0 Å². The van der Waals surface area contributed by atoms with Crippen molar-refractivity contribution in [2.24, 2.45) is 0 Å². The summed E-state index contributed by atoms with van der Waals surface area (Å²) in [6, 6.07) is 19.0. The number of carbonyl (C=O) groups is 2. The maximum Gasteiger partial charge on any atom is 0.737 e. The second kappa shape index (κ2) is 17.7. The van der Waals surface area contributed by atoms with Gasteiger partial charge >= 0.3 is 6.97 Å². The Bertz CT molecular complexity index is 2650. The summed E-state index contributed by atoms with van der Waals surface area (Å²) in [4.78, 5) is 41.6. The van der Waals surface area contributed by atoms with Crippen LogP contribution in [0.4, 0.5) is 14.4 Å². The van der Waals surface area contributed by atoms with Crippen molar-refractivity contribution >= 4 is 47.4 Å². The van der Waals surface area contributed by atoms with Gasteiger partial charge in [-0.05, 0) is 80.4 Å². The van der Waals surface area contributed by atoms with E-state index in [2.05, 4.69) is 25.1 Å². The Morgan fingerprint density at radius 1 is 0.984 bits per heavy atom. The van der Waals surface area contributed by atoms with Gasteiger partial charge in [0.2, 0.25) is 11.8 Å². The molecule has 17 heteroatoms. The molecule has 2 saturated heterocycles. The number of rotatable bonds is 13.